The fraction of sp³-hybridized carbons (Fsp3) is 0. The maximum Gasteiger partial charge on any atom is 0.148 e. The smallest absolute Gasteiger partial charge is 0.148 e. The van der Waals surface area contributed by atoms with Crippen molar-refractivity contribution in [3.63, 3.8) is 0 Å². The van der Waals surface area contributed by atoms with E-state index in [9.17, 15) is 0 Å². The first-order valence-corrected chi connectivity index (χ1v) is 6.31. The van der Waals surface area contributed by atoms with Gasteiger partial charge in [0.1, 0.15) is 12.1 Å². The number of anilines is 2. The first kappa shape index (κ1) is 11.8. The average Bonchev–Trinajstić information content (AvgIpc) is 2.27. The lowest BCUT2D eigenvalue weighted by molar-refractivity contribution is 1.15. The fourth-order valence-corrected chi connectivity index (χ4v) is 1.97. The molecule has 0 aliphatic carbocycles. The molecule has 0 spiro atoms. The highest BCUT2D eigenvalue weighted by atomic mass is 79.9. The molecule has 0 aliphatic rings. The third-order valence-electron chi connectivity index (χ3n) is 1.85. The van der Waals surface area contributed by atoms with Crippen LogP contribution in [-0.2, 0) is 0 Å². The van der Waals surface area contributed by atoms with Gasteiger partial charge in [-0.25, -0.2) is 9.97 Å². The van der Waals surface area contributed by atoms with Crippen LogP contribution < -0.4 is 5.32 Å². The lowest BCUT2D eigenvalue weighted by Gasteiger charge is -2.08. The van der Waals surface area contributed by atoms with Crippen molar-refractivity contribution in [3.05, 3.63) is 44.7 Å². The zero-order chi connectivity index (χ0) is 11.5. The van der Waals surface area contributed by atoms with Gasteiger partial charge in [0.25, 0.3) is 0 Å². The van der Waals surface area contributed by atoms with Crippen molar-refractivity contribution < 1.29 is 0 Å². The van der Waals surface area contributed by atoms with Crippen LogP contribution in [0.15, 0.2) is 39.7 Å². The molecule has 0 fully saturated rings. The minimum Gasteiger partial charge on any atom is -0.338 e. The molecule has 0 atom stereocenters. The van der Waals surface area contributed by atoms with E-state index in [4.69, 9.17) is 11.6 Å². The van der Waals surface area contributed by atoms with E-state index < -0.39 is 0 Å². The van der Waals surface area contributed by atoms with Crippen molar-refractivity contribution in [1.29, 1.82) is 0 Å². The molecule has 16 heavy (non-hydrogen) atoms. The second kappa shape index (κ2) is 5.12. The molecule has 1 aromatic carbocycles. The summed E-state index contributed by atoms with van der Waals surface area (Å²) in [7, 11) is 0. The summed E-state index contributed by atoms with van der Waals surface area (Å²) >= 11 is 12.8. The van der Waals surface area contributed by atoms with Gasteiger partial charge in [0.05, 0.1) is 15.2 Å². The van der Waals surface area contributed by atoms with E-state index in [2.05, 4.69) is 47.1 Å². The molecule has 2 rings (SSSR count). The van der Waals surface area contributed by atoms with E-state index in [1.807, 2.05) is 18.2 Å². The first-order chi connectivity index (χ1) is 7.66. The second-order valence-corrected chi connectivity index (χ2v) is 5.15. The van der Waals surface area contributed by atoms with Gasteiger partial charge in [0, 0.05) is 10.7 Å². The molecule has 0 aliphatic heterocycles. The summed E-state index contributed by atoms with van der Waals surface area (Å²) in [5, 5.41) is 3.75. The van der Waals surface area contributed by atoms with Gasteiger partial charge in [-0.15, -0.1) is 0 Å². The molecule has 0 bridgehead atoms. The number of nitrogens with one attached hydrogen (secondary N) is 1. The predicted octanol–water partition coefficient (Wildman–Crippen LogP) is 4.40. The minimum atomic E-state index is 0.633. The third-order valence-corrected chi connectivity index (χ3v) is 3.25. The van der Waals surface area contributed by atoms with Gasteiger partial charge < -0.3 is 5.32 Å². The van der Waals surface area contributed by atoms with Crippen molar-refractivity contribution in [2.45, 2.75) is 0 Å². The fourth-order valence-electron chi connectivity index (χ4n) is 1.13. The van der Waals surface area contributed by atoms with E-state index in [0.29, 0.717) is 10.8 Å². The molecule has 1 N–H and O–H groups in total. The van der Waals surface area contributed by atoms with Gasteiger partial charge in [0.2, 0.25) is 0 Å². The average molecular weight is 363 g/mol. The Morgan fingerprint density at radius 2 is 2.06 bits per heavy atom. The van der Waals surface area contributed by atoms with Crippen LogP contribution in [0.5, 0.6) is 0 Å². The summed E-state index contributed by atoms with van der Waals surface area (Å²) in [5.41, 5.74) is 0.787. The van der Waals surface area contributed by atoms with Crippen molar-refractivity contribution in [2.24, 2.45) is 0 Å². The Labute approximate surface area is 115 Å². The van der Waals surface area contributed by atoms with Crippen LogP contribution in [0.25, 0.3) is 0 Å². The van der Waals surface area contributed by atoms with Gasteiger partial charge in [-0.3, -0.25) is 0 Å². The number of aromatic nitrogens is 2. The molecule has 0 saturated heterocycles. The number of hydrogen-bond acceptors (Lipinski definition) is 3. The predicted molar refractivity (Wildman–Crippen MR) is 72.2 cm³/mol. The summed E-state index contributed by atoms with van der Waals surface area (Å²) in [5.74, 6) is 0.676. The Balaban J connectivity index is 2.34. The highest BCUT2D eigenvalue weighted by Crippen LogP contribution is 2.30. The van der Waals surface area contributed by atoms with E-state index in [1.54, 1.807) is 6.20 Å². The molecule has 1 aromatic heterocycles. The third kappa shape index (κ3) is 2.72. The van der Waals surface area contributed by atoms with Gasteiger partial charge >= 0.3 is 0 Å². The van der Waals surface area contributed by atoms with Crippen LogP contribution in [0.1, 0.15) is 0 Å². The standard InChI is InChI=1S/C10H6Br2ClN3/c11-6-1-2-8(13)9(3-6)16-10-7(12)4-14-5-15-10/h1-5H,(H,14,15,16). The molecule has 82 valence electrons. The molecule has 1 heterocycles. The molecule has 0 radical (unpaired) electrons. The van der Waals surface area contributed by atoms with Crippen LogP contribution >= 0.6 is 43.5 Å². The van der Waals surface area contributed by atoms with Gasteiger partial charge in [-0.2, -0.15) is 0 Å². The van der Waals surface area contributed by atoms with Crippen molar-refractivity contribution >= 4 is 55.0 Å². The summed E-state index contributed by atoms with van der Waals surface area (Å²) in [6.45, 7) is 0. The Hall–Kier alpha value is -0.650. The van der Waals surface area contributed by atoms with E-state index in [-0.39, 0.29) is 0 Å². The molecule has 0 unspecified atom stereocenters. The summed E-state index contributed by atoms with van der Waals surface area (Å²) < 4.78 is 1.73. The zero-order valence-electron chi connectivity index (χ0n) is 7.92. The van der Waals surface area contributed by atoms with Gasteiger partial charge in [-0.05, 0) is 34.1 Å². The molecule has 0 saturated carbocycles. The maximum atomic E-state index is 6.06. The Morgan fingerprint density at radius 3 is 2.81 bits per heavy atom. The monoisotopic (exact) mass is 361 g/mol. The Kier molecular flexibility index (Phi) is 3.78. The van der Waals surface area contributed by atoms with E-state index in [0.717, 1.165) is 14.6 Å². The molecule has 2 aromatic rings. The minimum absolute atomic E-state index is 0.633. The highest BCUT2D eigenvalue weighted by Gasteiger charge is 2.05. The molecule has 6 heteroatoms. The summed E-state index contributed by atoms with van der Waals surface area (Å²) in [4.78, 5) is 7.99. The van der Waals surface area contributed by atoms with Crippen LogP contribution in [0.4, 0.5) is 11.5 Å². The van der Waals surface area contributed by atoms with Crippen molar-refractivity contribution in [3.8, 4) is 0 Å². The van der Waals surface area contributed by atoms with Crippen molar-refractivity contribution in [2.75, 3.05) is 5.32 Å². The number of rotatable bonds is 2. The topological polar surface area (TPSA) is 37.8 Å². The maximum absolute atomic E-state index is 6.06. The molecular weight excluding hydrogens is 357 g/mol. The molecular formula is C10H6Br2ClN3. The van der Waals surface area contributed by atoms with Crippen LogP contribution in [0, 0.1) is 0 Å². The normalized spacial score (nSPS) is 10.2. The van der Waals surface area contributed by atoms with E-state index >= 15 is 0 Å². The molecule has 0 amide bonds. The highest BCUT2D eigenvalue weighted by molar-refractivity contribution is 9.10. The van der Waals surface area contributed by atoms with Crippen molar-refractivity contribution in [1.82, 2.24) is 9.97 Å². The number of nitrogens with zero attached hydrogens (tertiary/aromatic N) is 2. The van der Waals surface area contributed by atoms with Gasteiger partial charge in [-0.1, -0.05) is 27.5 Å². The van der Waals surface area contributed by atoms with Crippen LogP contribution in [0.3, 0.4) is 0 Å². The summed E-state index contributed by atoms with van der Waals surface area (Å²) in [6, 6.07) is 5.57. The zero-order valence-corrected chi connectivity index (χ0v) is 11.8. The lowest BCUT2D eigenvalue weighted by Crippen LogP contribution is -1.95. The largest absolute Gasteiger partial charge is 0.338 e. The van der Waals surface area contributed by atoms with Crippen LogP contribution in [0.2, 0.25) is 5.02 Å². The number of halogens is 3. The van der Waals surface area contributed by atoms with Gasteiger partial charge in [0.15, 0.2) is 0 Å². The SMILES string of the molecule is Clc1ccc(Br)cc1Nc1ncncc1Br. The van der Waals surface area contributed by atoms with E-state index in [1.165, 1.54) is 6.33 Å². The van der Waals surface area contributed by atoms with Crippen LogP contribution in [-0.4, -0.2) is 9.97 Å². The second-order valence-electron chi connectivity index (χ2n) is 2.97. The summed E-state index contributed by atoms with van der Waals surface area (Å²) in [6.07, 6.45) is 3.14. The number of hydrogen-bond donors (Lipinski definition) is 1. The lowest BCUT2D eigenvalue weighted by atomic mass is 10.3. The molecule has 3 nitrogen and oxygen atoms in total. The first-order valence-electron chi connectivity index (χ1n) is 4.34. The number of benzene rings is 1. The Bertz CT molecular complexity index is 519. The Morgan fingerprint density at radius 1 is 1.25 bits per heavy atom. The quantitative estimate of drug-likeness (QED) is 0.859.